The first-order valence-corrected chi connectivity index (χ1v) is 6.01. The molecule has 1 aromatic carbocycles. The third-order valence-electron chi connectivity index (χ3n) is 2.29. The molecule has 0 aliphatic heterocycles. The number of thiazole rings is 1. The molecule has 1 heterocycles. The number of nitrogens with two attached hydrogens (primary N) is 1. The average molecular weight is 234 g/mol. The van der Waals surface area contributed by atoms with Gasteiger partial charge in [-0.1, -0.05) is 12.1 Å². The molecule has 2 rings (SSSR count). The van der Waals surface area contributed by atoms with Crippen molar-refractivity contribution in [3.8, 4) is 16.3 Å². The molecule has 84 valence electrons. The highest BCUT2D eigenvalue weighted by Crippen LogP contribution is 2.31. The SMILES string of the molecule is COc1ccccc1-c1nc(CCN)cs1. The van der Waals surface area contributed by atoms with Crippen molar-refractivity contribution in [3.05, 3.63) is 35.3 Å². The van der Waals surface area contributed by atoms with Crippen molar-refractivity contribution in [2.45, 2.75) is 6.42 Å². The number of hydrogen-bond acceptors (Lipinski definition) is 4. The summed E-state index contributed by atoms with van der Waals surface area (Å²) >= 11 is 1.63. The van der Waals surface area contributed by atoms with Crippen LogP contribution < -0.4 is 10.5 Å². The molecule has 0 atom stereocenters. The van der Waals surface area contributed by atoms with Crippen LogP contribution in [0.15, 0.2) is 29.6 Å². The van der Waals surface area contributed by atoms with Crippen molar-refractivity contribution in [2.75, 3.05) is 13.7 Å². The lowest BCUT2D eigenvalue weighted by Crippen LogP contribution is -2.02. The van der Waals surface area contributed by atoms with Crippen LogP contribution in [0, 0.1) is 0 Å². The van der Waals surface area contributed by atoms with E-state index in [4.69, 9.17) is 10.5 Å². The van der Waals surface area contributed by atoms with E-state index < -0.39 is 0 Å². The zero-order valence-electron chi connectivity index (χ0n) is 9.14. The van der Waals surface area contributed by atoms with Crippen LogP contribution >= 0.6 is 11.3 Å². The van der Waals surface area contributed by atoms with Crippen LogP contribution in [-0.2, 0) is 6.42 Å². The molecular weight excluding hydrogens is 220 g/mol. The number of hydrogen-bond donors (Lipinski definition) is 1. The van der Waals surface area contributed by atoms with Crippen LogP contribution in [0.25, 0.3) is 10.6 Å². The standard InChI is InChI=1S/C12H14N2OS/c1-15-11-5-3-2-4-10(11)12-14-9(6-7-13)8-16-12/h2-5,8H,6-7,13H2,1H3. The van der Waals surface area contributed by atoms with E-state index in [-0.39, 0.29) is 0 Å². The molecule has 0 saturated carbocycles. The maximum Gasteiger partial charge on any atom is 0.129 e. The molecule has 2 aromatic rings. The fourth-order valence-electron chi connectivity index (χ4n) is 1.51. The first kappa shape index (κ1) is 11.1. The first-order valence-electron chi connectivity index (χ1n) is 5.13. The zero-order chi connectivity index (χ0) is 11.4. The fraction of sp³-hybridized carbons (Fsp3) is 0.250. The Labute approximate surface area is 98.9 Å². The van der Waals surface area contributed by atoms with Crippen molar-refractivity contribution in [2.24, 2.45) is 5.73 Å². The number of nitrogens with zero attached hydrogens (tertiary/aromatic N) is 1. The molecule has 0 unspecified atom stereocenters. The predicted octanol–water partition coefficient (Wildman–Crippen LogP) is 2.32. The van der Waals surface area contributed by atoms with Crippen molar-refractivity contribution >= 4 is 11.3 Å². The number of methoxy groups -OCH3 is 1. The first-order chi connectivity index (χ1) is 7.85. The minimum Gasteiger partial charge on any atom is -0.496 e. The number of para-hydroxylation sites is 1. The zero-order valence-corrected chi connectivity index (χ0v) is 9.96. The summed E-state index contributed by atoms with van der Waals surface area (Å²) in [5, 5.41) is 3.04. The van der Waals surface area contributed by atoms with Crippen LogP contribution in [0.4, 0.5) is 0 Å². The van der Waals surface area contributed by atoms with Crippen molar-refractivity contribution < 1.29 is 4.74 Å². The number of benzene rings is 1. The molecule has 4 heteroatoms. The third-order valence-corrected chi connectivity index (χ3v) is 3.21. The molecule has 0 spiro atoms. The molecule has 0 saturated heterocycles. The second-order valence-corrected chi connectivity index (χ2v) is 4.24. The second kappa shape index (κ2) is 5.09. The topological polar surface area (TPSA) is 48.1 Å². The average Bonchev–Trinajstić information content (AvgIpc) is 2.78. The molecule has 0 aliphatic rings. The number of aromatic nitrogens is 1. The van der Waals surface area contributed by atoms with Gasteiger partial charge in [0.25, 0.3) is 0 Å². The Balaban J connectivity index is 2.34. The van der Waals surface area contributed by atoms with E-state index >= 15 is 0 Å². The van der Waals surface area contributed by atoms with Gasteiger partial charge in [0.15, 0.2) is 0 Å². The summed E-state index contributed by atoms with van der Waals surface area (Å²) in [6.45, 7) is 0.634. The summed E-state index contributed by atoms with van der Waals surface area (Å²) in [7, 11) is 1.67. The van der Waals surface area contributed by atoms with E-state index in [0.717, 1.165) is 28.4 Å². The Morgan fingerprint density at radius 2 is 2.19 bits per heavy atom. The van der Waals surface area contributed by atoms with Gasteiger partial charge in [0.2, 0.25) is 0 Å². The van der Waals surface area contributed by atoms with Crippen LogP contribution in [0.5, 0.6) is 5.75 Å². The number of rotatable bonds is 4. The maximum absolute atomic E-state index is 5.50. The lowest BCUT2D eigenvalue weighted by molar-refractivity contribution is 0.416. The molecule has 1 aromatic heterocycles. The van der Waals surface area contributed by atoms with Gasteiger partial charge in [-0.25, -0.2) is 4.98 Å². The molecule has 0 fully saturated rings. The third kappa shape index (κ3) is 2.23. The minimum atomic E-state index is 0.634. The van der Waals surface area contributed by atoms with Crippen LogP contribution in [0.2, 0.25) is 0 Å². The molecule has 2 N–H and O–H groups in total. The predicted molar refractivity (Wildman–Crippen MR) is 66.9 cm³/mol. The van der Waals surface area contributed by atoms with Gasteiger partial charge in [-0.3, -0.25) is 0 Å². The summed E-state index contributed by atoms with van der Waals surface area (Å²) in [4.78, 5) is 4.54. The highest BCUT2D eigenvalue weighted by atomic mass is 32.1. The molecule has 0 radical (unpaired) electrons. The van der Waals surface area contributed by atoms with Crippen LogP contribution in [0.1, 0.15) is 5.69 Å². The van der Waals surface area contributed by atoms with Crippen molar-refractivity contribution in [1.29, 1.82) is 0 Å². The minimum absolute atomic E-state index is 0.634. The second-order valence-electron chi connectivity index (χ2n) is 3.38. The molecule has 3 nitrogen and oxygen atoms in total. The van der Waals surface area contributed by atoms with Gasteiger partial charge in [-0.05, 0) is 18.7 Å². The lowest BCUT2D eigenvalue weighted by atomic mass is 10.2. The molecule has 0 aliphatic carbocycles. The summed E-state index contributed by atoms with van der Waals surface area (Å²) in [5.74, 6) is 0.858. The molecular formula is C12H14N2OS. The Bertz CT molecular complexity index is 468. The Morgan fingerprint density at radius 3 is 2.94 bits per heavy atom. The number of ether oxygens (including phenoxy) is 1. The van der Waals surface area contributed by atoms with E-state index in [1.807, 2.05) is 24.3 Å². The summed E-state index contributed by atoms with van der Waals surface area (Å²) in [6, 6.07) is 7.90. The Morgan fingerprint density at radius 1 is 1.38 bits per heavy atom. The van der Waals surface area contributed by atoms with Crippen molar-refractivity contribution in [3.63, 3.8) is 0 Å². The Hall–Kier alpha value is -1.39. The van der Waals surface area contributed by atoms with Crippen LogP contribution in [0.3, 0.4) is 0 Å². The smallest absolute Gasteiger partial charge is 0.129 e. The van der Waals surface area contributed by atoms with E-state index in [1.165, 1.54) is 0 Å². The normalized spacial score (nSPS) is 10.4. The van der Waals surface area contributed by atoms with Gasteiger partial charge in [0.1, 0.15) is 10.8 Å². The highest BCUT2D eigenvalue weighted by molar-refractivity contribution is 7.13. The Kier molecular flexibility index (Phi) is 3.54. The van der Waals surface area contributed by atoms with E-state index in [0.29, 0.717) is 6.54 Å². The summed E-state index contributed by atoms with van der Waals surface area (Å²) < 4.78 is 5.31. The highest BCUT2D eigenvalue weighted by Gasteiger charge is 2.08. The van der Waals surface area contributed by atoms with Gasteiger partial charge < -0.3 is 10.5 Å². The van der Waals surface area contributed by atoms with Crippen LogP contribution in [-0.4, -0.2) is 18.6 Å². The summed E-state index contributed by atoms with van der Waals surface area (Å²) in [6.07, 6.45) is 0.825. The van der Waals surface area contributed by atoms with E-state index in [9.17, 15) is 0 Å². The van der Waals surface area contributed by atoms with E-state index in [1.54, 1.807) is 18.4 Å². The largest absolute Gasteiger partial charge is 0.496 e. The van der Waals surface area contributed by atoms with Gasteiger partial charge in [-0.2, -0.15) is 0 Å². The van der Waals surface area contributed by atoms with Gasteiger partial charge >= 0.3 is 0 Å². The fourth-order valence-corrected chi connectivity index (χ4v) is 2.40. The van der Waals surface area contributed by atoms with Gasteiger partial charge in [0, 0.05) is 11.8 Å². The van der Waals surface area contributed by atoms with Gasteiger partial charge in [-0.15, -0.1) is 11.3 Å². The van der Waals surface area contributed by atoms with E-state index in [2.05, 4.69) is 10.4 Å². The molecule has 16 heavy (non-hydrogen) atoms. The van der Waals surface area contributed by atoms with Gasteiger partial charge in [0.05, 0.1) is 18.4 Å². The maximum atomic E-state index is 5.50. The summed E-state index contributed by atoms with van der Waals surface area (Å²) in [5.41, 5.74) is 7.59. The monoisotopic (exact) mass is 234 g/mol. The van der Waals surface area contributed by atoms with Crippen molar-refractivity contribution in [1.82, 2.24) is 4.98 Å². The molecule has 0 amide bonds. The molecule has 0 bridgehead atoms. The lowest BCUT2D eigenvalue weighted by Gasteiger charge is -2.04. The quantitative estimate of drug-likeness (QED) is 0.883.